The average Bonchev–Trinajstić information content (AvgIpc) is 1.99. The first-order valence-electron chi connectivity index (χ1n) is 3.22. The molecule has 1 aromatic heterocycles. The van der Waals surface area contributed by atoms with Gasteiger partial charge in [0.1, 0.15) is 5.82 Å². The number of carbonyl (C=O) groups excluding carboxylic acids is 1. The summed E-state index contributed by atoms with van der Waals surface area (Å²) in [4.78, 5) is 15.7. The second-order valence-corrected chi connectivity index (χ2v) is 2.07. The normalized spacial score (nSPS) is 9.69. The number of aromatic nitrogens is 2. The molecular weight excluding hydrogens is 184 g/mol. The number of carboxylic acids is 1. The fraction of sp³-hybridized carbons (Fsp3) is 0.167. The van der Waals surface area contributed by atoms with Crippen LogP contribution in [0.4, 0.5) is 14.6 Å². The summed E-state index contributed by atoms with van der Waals surface area (Å²) in [6, 6.07) is 0.770. The van der Waals surface area contributed by atoms with Gasteiger partial charge in [-0.2, -0.15) is 18.7 Å². The number of nitrogens with one attached hydrogen (secondary N) is 1. The molecule has 5 nitrogen and oxygen atoms in total. The number of carbonyl (C=O) groups is 1. The van der Waals surface area contributed by atoms with E-state index in [9.17, 15) is 18.7 Å². The standard InChI is InChI=1S/C6H5F2N3O2/c7-3-1-4(9-2-5(12)13)11-6(8)10-3/h1H,2H2,(H,12,13)(H,9,10,11)/p-1. The third kappa shape index (κ3) is 2.97. The summed E-state index contributed by atoms with van der Waals surface area (Å²) in [7, 11) is 0. The van der Waals surface area contributed by atoms with Crippen LogP contribution >= 0.6 is 0 Å². The lowest BCUT2D eigenvalue weighted by molar-refractivity contribution is -0.302. The van der Waals surface area contributed by atoms with Crippen molar-refractivity contribution in [1.82, 2.24) is 9.97 Å². The molecule has 0 saturated carbocycles. The van der Waals surface area contributed by atoms with Crippen LogP contribution in [0.1, 0.15) is 0 Å². The van der Waals surface area contributed by atoms with Crippen molar-refractivity contribution in [3.63, 3.8) is 0 Å². The number of nitrogens with zero attached hydrogens (tertiary/aromatic N) is 2. The fourth-order valence-electron chi connectivity index (χ4n) is 0.643. The van der Waals surface area contributed by atoms with Crippen LogP contribution in [0.2, 0.25) is 0 Å². The smallest absolute Gasteiger partial charge is 0.313 e. The van der Waals surface area contributed by atoms with Gasteiger partial charge >= 0.3 is 6.08 Å². The number of anilines is 1. The second kappa shape index (κ2) is 3.74. The lowest BCUT2D eigenvalue weighted by Gasteiger charge is -2.04. The van der Waals surface area contributed by atoms with Gasteiger partial charge in [0.25, 0.3) is 0 Å². The predicted octanol–water partition coefficient (Wildman–Crippen LogP) is -1.08. The third-order valence-electron chi connectivity index (χ3n) is 1.08. The Kier molecular flexibility index (Phi) is 2.68. The first kappa shape index (κ1) is 9.30. The van der Waals surface area contributed by atoms with Gasteiger partial charge in [-0.1, -0.05) is 0 Å². The van der Waals surface area contributed by atoms with Crippen LogP contribution in [0.15, 0.2) is 6.07 Å². The van der Waals surface area contributed by atoms with Crippen LogP contribution in [0.5, 0.6) is 0 Å². The fourth-order valence-corrected chi connectivity index (χ4v) is 0.643. The van der Waals surface area contributed by atoms with E-state index < -0.39 is 24.5 Å². The highest BCUT2D eigenvalue weighted by molar-refractivity contribution is 5.69. The highest BCUT2D eigenvalue weighted by Gasteiger charge is 2.02. The number of hydrogen-bond acceptors (Lipinski definition) is 5. The molecule has 0 spiro atoms. The zero-order chi connectivity index (χ0) is 9.84. The maximum absolute atomic E-state index is 12.4. The van der Waals surface area contributed by atoms with Crippen molar-refractivity contribution in [2.24, 2.45) is 0 Å². The minimum absolute atomic E-state index is 0.241. The van der Waals surface area contributed by atoms with Crippen LogP contribution in [0.25, 0.3) is 0 Å². The molecule has 1 aromatic rings. The van der Waals surface area contributed by atoms with Crippen molar-refractivity contribution >= 4 is 11.8 Å². The Bertz CT molecular complexity index is 311. The molecule has 13 heavy (non-hydrogen) atoms. The second-order valence-electron chi connectivity index (χ2n) is 2.07. The van der Waals surface area contributed by atoms with Crippen LogP contribution < -0.4 is 10.4 Å². The summed E-state index contributed by atoms with van der Waals surface area (Å²) in [5, 5.41) is 12.1. The van der Waals surface area contributed by atoms with E-state index in [1.807, 2.05) is 0 Å². The van der Waals surface area contributed by atoms with Gasteiger partial charge in [-0.3, -0.25) is 0 Å². The van der Waals surface area contributed by atoms with Gasteiger partial charge < -0.3 is 15.2 Å². The van der Waals surface area contributed by atoms with Crippen LogP contribution in [0.3, 0.4) is 0 Å². The van der Waals surface area contributed by atoms with Gasteiger partial charge in [-0.15, -0.1) is 0 Å². The van der Waals surface area contributed by atoms with Gasteiger partial charge in [0.15, 0.2) is 0 Å². The van der Waals surface area contributed by atoms with Crippen molar-refractivity contribution in [3.8, 4) is 0 Å². The molecule has 0 aliphatic carbocycles. The monoisotopic (exact) mass is 188 g/mol. The van der Waals surface area contributed by atoms with E-state index in [1.165, 1.54) is 0 Å². The molecule has 0 unspecified atom stereocenters. The molecule has 1 rings (SSSR count). The Balaban J connectivity index is 2.71. The molecule has 0 aliphatic heterocycles. The summed E-state index contributed by atoms with van der Waals surface area (Å²) in [5.41, 5.74) is 0. The van der Waals surface area contributed by atoms with Crippen molar-refractivity contribution in [3.05, 3.63) is 18.1 Å². The largest absolute Gasteiger partial charge is 0.548 e. The molecule has 0 radical (unpaired) electrons. The molecule has 0 aliphatic rings. The molecule has 70 valence electrons. The highest BCUT2D eigenvalue weighted by Crippen LogP contribution is 2.03. The number of rotatable bonds is 3. The molecule has 1 N–H and O–H groups in total. The summed E-state index contributed by atoms with van der Waals surface area (Å²) >= 11 is 0. The molecule has 0 saturated heterocycles. The Hall–Kier alpha value is -1.79. The van der Waals surface area contributed by atoms with E-state index in [0.29, 0.717) is 0 Å². The van der Waals surface area contributed by atoms with Crippen molar-refractivity contribution in [2.75, 3.05) is 11.9 Å². The first-order valence-corrected chi connectivity index (χ1v) is 3.22. The summed E-state index contributed by atoms with van der Waals surface area (Å²) in [6.07, 6.45) is -1.26. The van der Waals surface area contributed by atoms with Gasteiger partial charge in [-0.25, -0.2) is 0 Å². The van der Waals surface area contributed by atoms with Crippen molar-refractivity contribution in [1.29, 1.82) is 0 Å². The quantitative estimate of drug-likeness (QED) is 0.482. The Labute approximate surface area is 71.4 Å². The lowest BCUT2D eigenvalue weighted by atomic mass is 10.5. The molecule has 0 fully saturated rings. The Morgan fingerprint density at radius 2 is 2.23 bits per heavy atom. The molecule has 0 amide bonds. The number of aliphatic carboxylic acids is 1. The zero-order valence-electron chi connectivity index (χ0n) is 6.25. The first-order chi connectivity index (χ1) is 6.08. The Morgan fingerprint density at radius 3 is 2.77 bits per heavy atom. The van der Waals surface area contributed by atoms with Crippen LogP contribution in [-0.2, 0) is 4.79 Å². The summed E-state index contributed by atoms with van der Waals surface area (Å²) in [5.74, 6) is -2.72. The summed E-state index contributed by atoms with van der Waals surface area (Å²) in [6.45, 7) is -0.574. The predicted molar refractivity (Wildman–Crippen MR) is 35.4 cm³/mol. The minimum Gasteiger partial charge on any atom is -0.548 e. The minimum atomic E-state index is -1.40. The number of hydrogen-bond donors (Lipinski definition) is 1. The molecule has 0 bridgehead atoms. The highest BCUT2D eigenvalue weighted by atomic mass is 19.1. The van der Waals surface area contributed by atoms with Gasteiger partial charge in [0.05, 0.1) is 12.5 Å². The van der Waals surface area contributed by atoms with E-state index in [4.69, 9.17) is 0 Å². The van der Waals surface area contributed by atoms with Gasteiger partial charge in [0, 0.05) is 6.07 Å². The Morgan fingerprint density at radius 1 is 1.54 bits per heavy atom. The van der Waals surface area contributed by atoms with E-state index in [1.54, 1.807) is 0 Å². The number of carboxylic acid groups (broad SMARTS) is 1. The van der Waals surface area contributed by atoms with Gasteiger partial charge in [-0.05, 0) is 0 Å². The lowest BCUT2D eigenvalue weighted by Crippen LogP contribution is -2.30. The van der Waals surface area contributed by atoms with E-state index >= 15 is 0 Å². The maximum Gasteiger partial charge on any atom is 0.313 e. The molecular formula is C6H4F2N3O2-. The van der Waals surface area contributed by atoms with Crippen LogP contribution in [0, 0.1) is 12.0 Å². The van der Waals surface area contributed by atoms with Crippen molar-refractivity contribution in [2.45, 2.75) is 0 Å². The van der Waals surface area contributed by atoms with E-state index in [-0.39, 0.29) is 5.82 Å². The number of halogens is 2. The molecule has 7 heteroatoms. The van der Waals surface area contributed by atoms with Crippen molar-refractivity contribution < 1.29 is 18.7 Å². The molecule has 0 aromatic carbocycles. The average molecular weight is 188 g/mol. The topological polar surface area (TPSA) is 77.9 Å². The molecule has 0 atom stereocenters. The third-order valence-corrected chi connectivity index (χ3v) is 1.08. The van der Waals surface area contributed by atoms with Gasteiger partial charge in [0.2, 0.25) is 5.95 Å². The SMILES string of the molecule is O=C([O-])CNc1cc(F)nc(F)n1. The maximum atomic E-state index is 12.4. The van der Waals surface area contributed by atoms with E-state index in [0.717, 1.165) is 6.07 Å². The summed E-state index contributed by atoms with van der Waals surface area (Å²) < 4.78 is 24.6. The molecule has 1 heterocycles. The van der Waals surface area contributed by atoms with Crippen LogP contribution in [-0.4, -0.2) is 22.5 Å². The van der Waals surface area contributed by atoms with E-state index in [2.05, 4.69) is 15.3 Å². The zero-order valence-corrected chi connectivity index (χ0v) is 6.25.